The van der Waals surface area contributed by atoms with Gasteiger partial charge in [0, 0.05) is 19.4 Å². The maximum absolute atomic E-state index is 13.7. The molecule has 0 radical (unpaired) electrons. The van der Waals surface area contributed by atoms with Crippen LogP contribution in [0.3, 0.4) is 0 Å². The zero-order chi connectivity index (χ0) is 27.3. The Labute approximate surface area is 223 Å². The van der Waals surface area contributed by atoms with E-state index in [0.717, 1.165) is 25.7 Å². The summed E-state index contributed by atoms with van der Waals surface area (Å²) >= 11 is 0. The van der Waals surface area contributed by atoms with Crippen molar-refractivity contribution in [2.45, 2.75) is 154 Å². The molecular formula is C29H50O8. The van der Waals surface area contributed by atoms with Crippen molar-refractivity contribution in [3.05, 3.63) is 0 Å². The molecule has 13 atom stereocenters. The minimum Gasteiger partial charge on any atom is -0.459 e. The Hall–Kier alpha value is -0.770. The van der Waals surface area contributed by atoms with Gasteiger partial charge in [0.15, 0.2) is 6.29 Å². The van der Waals surface area contributed by atoms with Gasteiger partial charge in [-0.1, -0.05) is 27.2 Å². The first-order valence-corrected chi connectivity index (χ1v) is 14.4. The molecule has 214 valence electrons. The van der Waals surface area contributed by atoms with Gasteiger partial charge in [0.1, 0.15) is 17.8 Å². The van der Waals surface area contributed by atoms with Crippen molar-refractivity contribution < 1.29 is 38.3 Å². The Balaban J connectivity index is 1.59. The first kappa shape index (κ1) is 29.2. The second kappa shape index (κ2) is 10.7. The summed E-state index contributed by atoms with van der Waals surface area (Å²) in [5.41, 5.74) is -1.60. The van der Waals surface area contributed by atoms with Crippen LogP contribution >= 0.6 is 0 Å². The van der Waals surface area contributed by atoms with E-state index in [4.69, 9.17) is 28.4 Å². The van der Waals surface area contributed by atoms with E-state index in [1.54, 1.807) is 7.11 Å². The molecule has 0 aromatic heterocycles. The number of hydrogen-bond acceptors (Lipinski definition) is 8. The number of aliphatic hydroxyl groups excluding tert-OH is 1. The second-order valence-electron chi connectivity index (χ2n) is 12.9. The summed E-state index contributed by atoms with van der Waals surface area (Å²) in [6.07, 6.45) is 2.10. The zero-order valence-corrected chi connectivity index (χ0v) is 24.3. The summed E-state index contributed by atoms with van der Waals surface area (Å²) in [5, 5.41) is 10.6. The van der Waals surface area contributed by atoms with Gasteiger partial charge in [-0.2, -0.15) is 0 Å². The van der Waals surface area contributed by atoms with Crippen LogP contribution in [0.25, 0.3) is 0 Å². The van der Waals surface area contributed by atoms with Gasteiger partial charge < -0.3 is 33.5 Å². The lowest BCUT2D eigenvalue weighted by Gasteiger charge is -2.45. The third-order valence-corrected chi connectivity index (χ3v) is 9.76. The molecule has 4 rings (SSSR count). The minimum absolute atomic E-state index is 0.00345. The molecule has 37 heavy (non-hydrogen) atoms. The third kappa shape index (κ3) is 5.62. The Kier molecular flexibility index (Phi) is 8.42. The predicted octanol–water partition coefficient (Wildman–Crippen LogP) is 4.39. The smallest absolute Gasteiger partial charge is 0.311 e. The molecule has 4 aliphatic rings. The molecule has 0 aromatic carbocycles. The molecule has 0 spiro atoms. The van der Waals surface area contributed by atoms with Crippen LogP contribution in [0.4, 0.5) is 0 Å². The van der Waals surface area contributed by atoms with E-state index in [2.05, 4.69) is 34.6 Å². The Morgan fingerprint density at radius 3 is 2.43 bits per heavy atom. The van der Waals surface area contributed by atoms with E-state index in [9.17, 15) is 9.90 Å². The summed E-state index contributed by atoms with van der Waals surface area (Å²) in [6.45, 7) is 16.4. The quantitative estimate of drug-likeness (QED) is 0.402. The summed E-state index contributed by atoms with van der Waals surface area (Å²) < 4.78 is 37.5. The molecule has 6 unspecified atom stereocenters. The van der Waals surface area contributed by atoms with Crippen LogP contribution in [-0.4, -0.2) is 77.9 Å². The van der Waals surface area contributed by atoms with Gasteiger partial charge in [-0.3, -0.25) is 4.79 Å². The van der Waals surface area contributed by atoms with Crippen molar-refractivity contribution in [3.8, 4) is 0 Å². The zero-order valence-electron chi connectivity index (χ0n) is 24.3. The van der Waals surface area contributed by atoms with Crippen LogP contribution in [0.5, 0.6) is 0 Å². The summed E-state index contributed by atoms with van der Waals surface area (Å²) in [6, 6.07) is 0. The van der Waals surface area contributed by atoms with Crippen LogP contribution in [0.15, 0.2) is 0 Å². The van der Waals surface area contributed by atoms with E-state index in [1.807, 2.05) is 20.8 Å². The molecule has 4 saturated heterocycles. The lowest BCUT2D eigenvalue weighted by Crippen LogP contribution is -2.57. The van der Waals surface area contributed by atoms with E-state index in [1.165, 1.54) is 0 Å². The Morgan fingerprint density at radius 1 is 1.08 bits per heavy atom. The molecule has 4 aliphatic heterocycles. The van der Waals surface area contributed by atoms with Crippen LogP contribution in [0.2, 0.25) is 0 Å². The standard InChI is InChI=1S/C29H50O8/c1-10-11-21-29(8,36-21)25-18(4)23-16(2)14-27(6,37-23)13-12-20(17(3)26(31)35-25)34-22-15-28(7,32-9)24(30)19(5)33-22/h16-25,30H,10-15H2,1-9H3/t16-,17-,18+,19?,20?,21+,22?,23-,24?,25-,27?,28?,29-/m1/s1. The highest BCUT2D eigenvalue weighted by Gasteiger charge is 2.62. The van der Waals surface area contributed by atoms with E-state index in [0.29, 0.717) is 18.8 Å². The molecule has 1 N–H and O–H groups in total. The first-order chi connectivity index (χ1) is 17.3. The molecule has 0 aromatic rings. The number of cyclic esters (lactones) is 1. The van der Waals surface area contributed by atoms with Crippen molar-refractivity contribution >= 4 is 5.97 Å². The number of aliphatic hydroxyl groups is 1. The average Bonchev–Trinajstić information content (AvgIpc) is 3.39. The van der Waals surface area contributed by atoms with Crippen molar-refractivity contribution in [2.24, 2.45) is 17.8 Å². The highest BCUT2D eigenvalue weighted by Crippen LogP contribution is 2.50. The highest BCUT2D eigenvalue weighted by molar-refractivity contribution is 5.73. The number of carbonyl (C=O) groups excluding carboxylic acids is 1. The highest BCUT2D eigenvalue weighted by atomic mass is 16.7. The van der Waals surface area contributed by atoms with Gasteiger partial charge in [0.2, 0.25) is 0 Å². The molecule has 8 nitrogen and oxygen atoms in total. The first-order valence-electron chi connectivity index (χ1n) is 14.4. The number of ether oxygens (including phenoxy) is 6. The maximum atomic E-state index is 13.7. The average molecular weight is 527 g/mol. The van der Waals surface area contributed by atoms with Gasteiger partial charge in [0.25, 0.3) is 0 Å². The molecular weight excluding hydrogens is 476 g/mol. The van der Waals surface area contributed by atoms with Crippen LogP contribution in [0.1, 0.15) is 93.9 Å². The third-order valence-electron chi connectivity index (χ3n) is 9.76. The lowest BCUT2D eigenvalue weighted by atomic mass is 9.80. The molecule has 2 bridgehead atoms. The summed E-state index contributed by atoms with van der Waals surface area (Å²) in [4.78, 5) is 13.7. The number of esters is 1. The minimum atomic E-state index is -0.796. The van der Waals surface area contributed by atoms with Crippen molar-refractivity contribution in [3.63, 3.8) is 0 Å². The molecule has 4 fully saturated rings. The number of carbonyl (C=O) groups is 1. The monoisotopic (exact) mass is 526 g/mol. The van der Waals surface area contributed by atoms with E-state index in [-0.39, 0.29) is 29.7 Å². The van der Waals surface area contributed by atoms with Crippen LogP contribution < -0.4 is 0 Å². The van der Waals surface area contributed by atoms with Gasteiger partial charge >= 0.3 is 5.97 Å². The fourth-order valence-corrected chi connectivity index (χ4v) is 7.18. The van der Waals surface area contributed by atoms with Gasteiger partial charge in [0.05, 0.1) is 41.5 Å². The van der Waals surface area contributed by atoms with Crippen molar-refractivity contribution in [2.75, 3.05) is 7.11 Å². The largest absolute Gasteiger partial charge is 0.459 e. The van der Waals surface area contributed by atoms with Gasteiger partial charge in [-0.05, 0) is 66.2 Å². The van der Waals surface area contributed by atoms with Crippen molar-refractivity contribution in [1.82, 2.24) is 0 Å². The SMILES string of the molecule is CCC[C@@H]1O[C@@]1(C)[C@@H]1OC(=O)[C@H](C)C(OC2CC(C)(OC)C(O)C(C)O2)CCC2(C)C[C@@H](C)[C@@H](O2)[C@@H]1C. The molecule has 0 aliphatic carbocycles. The lowest BCUT2D eigenvalue weighted by molar-refractivity contribution is -0.292. The van der Waals surface area contributed by atoms with Crippen LogP contribution in [0, 0.1) is 17.8 Å². The maximum Gasteiger partial charge on any atom is 0.311 e. The number of epoxide rings is 1. The summed E-state index contributed by atoms with van der Waals surface area (Å²) in [5.74, 6) is -0.429. The normalized spacial score (nSPS) is 52.9. The number of fused-ring (bicyclic) bond motifs is 2. The second-order valence-corrected chi connectivity index (χ2v) is 12.9. The van der Waals surface area contributed by atoms with Crippen molar-refractivity contribution in [1.29, 1.82) is 0 Å². The number of rotatable bonds is 6. The summed E-state index contributed by atoms with van der Waals surface area (Å²) in [7, 11) is 1.59. The fraction of sp³-hybridized carbons (Fsp3) is 0.966. The predicted molar refractivity (Wildman–Crippen MR) is 138 cm³/mol. The Morgan fingerprint density at radius 2 is 1.78 bits per heavy atom. The fourth-order valence-electron chi connectivity index (χ4n) is 7.18. The van der Waals surface area contributed by atoms with Crippen LogP contribution in [-0.2, 0) is 33.2 Å². The topological polar surface area (TPSA) is 96.0 Å². The Bertz CT molecular complexity index is 822. The van der Waals surface area contributed by atoms with Gasteiger partial charge in [-0.15, -0.1) is 0 Å². The number of methoxy groups -OCH3 is 1. The molecule has 8 heteroatoms. The van der Waals surface area contributed by atoms with Gasteiger partial charge in [-0.25, -0.2) is 0 Å². The van der Waals surface area contributed by atoms with E-state index >= 15 is 0 Å². The molecule has 4 heterocycles. The van der Waals surface area contributed by atoms with E-state index < -0.39 is 47.8 Å². The molecule has 0 saturated carbocycles. The number of hydrogen-bond donors (Lipinski definition) is 1. The molecule has 0 amide bonds.